The fraction of sp³-hybridized carbons (Fsp3) is 0. The van der Waals surface area contributed by atoms with Gasteiger partial charge in [-0.1, -0.05) is 54.3 Å². The third-order valence-corrected chi connectivity index (χ3v) is 5.89. The zero-order valence-corrected chi connectivity index (χ0v) is 16.9. The predicted molar refractivity (Wildman–Crippen MR) is 118 cm³/mol. The summed E-state index contributed by atoms with van der Waals surface area (Å²) in [5, 5.41) is 10.8. The average molecular weight is 428 g/mol. The van der Waals surface area contributed by atoms with E-state index in [2.05, 4.69) is 21.5 Å². The molecule has 6 nitrogen and oxygen atoms in total. The maximum atomic E-state index is 13.0. The SMILES string of the molecule is O=C(O)c1cc(C#Cc2ccccc2NS(=O)(=O)c2ccc3ccccc3c2)ccn1. The number of aromatic carboxylic acids is 1. The molecule has 0 atom stereocenters. The highest BCUT2D eigenvalue weighted by Gasteiger charge is 2.16. The number of carbonyl (C=O) groups is 1. The lowest BCUT2D eigenvalue weighted by Gasteiger charge is -2.10. The number of carboxylic acids is 1. The summed E-state index contributed by atoms with van der Waals surface area (Å²) < 4.78 is 28.5. The Balaban J connectivity index is 1.66. The number of carboxylic acid groups (broad SMARTS) is 1. The summed E-state index contributed by atoms with van der Waals surface area (Å²) in [6.45, 7) is 0. The van der Waals surface area contributed by atoms with Gasteiger partial charge < -0.3 is 5.11 Å². The summed E-state index contributed by atoms with van der Waals surface area (Å²) in [5.41, 5.74) is 1.13. The number of fused-ring (bicyclic) bond motifs is 1. The molecule has 0 fully saturated rings. The Kier molecular flexibility index (Phi) is 5.39. The molecular formula is C24H16N2O4S. The highest BCUT2D eigenvalue weighted by molar-refractivity contribution is 7.92. The first-order valence-electron chi connectivity index (χ1n) is 9.24. The van der Waals surface area contributed by atoms with E-state index in [9.17, 15) is 13.2 Å². The van der Waals surface area contributed by atoms with Crippen molar-refractivity contribution in [2.45, 2.75) is 4.90 Å². The molecular weight excluding hydrogens is 412 g/mol. The molecule has 4 rings (SSSR count). The van der Waals surface area contributed by atoms with Crippen LogP contribution in [0.2, 0.25) is 0 Å². The fourth-order valence-corrected chi connectivity index (χ4v) is 4.10. The van der Waals surface area contributed by atoms with Gasteiger partial charge in [0.1, 0.15) is 5.69 Å². The van der Waals surface area contributed by atoms with Crippen LogP contribution in [0.5, 0.6) is 0 Å². The van der Waals surface area contributed by atoms with E-state index in [-0.39, 0.29) is 10.6 Å². The highest BCUT2D eigenvalue weighted by atomic mass is 32.2. The first-order valence-corrected chi connectivity index (χ1v) is 10.7. The quantitative estimate of drug-likeness (QED) is 0.477. The molecule has 0 bridgehead atoms. The van der Waals surface area contributed by atoms with Crippen LogP contribution in [-0.4, -0.2) is 24.5 Å². The molecule has 152 valence electrons. The summed E-state index contributed by atoms with van der Waals surface area (Å²) in [4.78, 5) is 15.0. The second kappa shape index (κ2) is 8.30. The molecule has 0 aliphatic rings. The van der Waals surface area contributed by atoms with Crippen molar-refractivity contribution in [3.05, 3.63) is 102 Å². The molecule has 31 heavy (non-hydrogen) atoms. The van der Waals surface area contributed by atoms with Crippen LogP contribution in [0.4, 0.5) is 5.69 Å². The van der Waals surface area contributed by atoms with Crippen LogP contribution < -0.4 is 4.72 Å². The van der Waals surface area contributed by atoms with Crippen molar-refractivity contribution in [2.24, 2.45) is 0 Å². The van der Waals surface area contributed by atoms with E-state index in [0.29, 0.717) is 16.8 Å². The molecule has 3 aromatic carbocycles. The van der Waals surface area contributed by atoms with Gasteiger partial charge in [0.25, 0.3) is 10.0 Å². The van der Waals surface area contributed by atoms with E-state index in [1.165, 1.54) is 12.3 Å². The lowest BCUT2D eigenvalue weighted by Crippen LogP contribution is -2.13. The number of hydrogen-bond donors (Lipinski definition) is 2. The molecule has 1 aromatic heterocycles. The van der Waals surface area contributed by atoms with Crippen molar-refractivity contribution in [1.82, 2.24) is 4.98 Å². The van der Waals surface area contributed by atoms with Crippen molar-refractivity contribution >= 4 is 32.5 Å². The lowest BCUT2D eigenvalue weighted by molar-refractivity contribution is 0.0690. The molecule has 0 amide bonds. The standard InChI is InChI=1S/C24H16N2O4S/c27-24(28)23-15-17(13-14-25-23)9-10-19-6-3-4-8-22(19)26-31(29,30)21-12-11-18-5-1-2-7-20(18)16-21/h1-8,11-16,26H,(H,27,28). The summed E-state index contributed by atoms with van der Waals surface area (Å²) in [5.74, 6) is 4.61. The summed E-state index contributed by atoms with van der Waals surface area (Å²) >= 11 is 0. The maximum Gasteiger partial charge on any atom is 0.354 e. The van der Waals surface area contributed by atoms with Gasteiger partial charge in [0.05, 0.1) is 10.6 Å². The molecule has 7 heteroatoms. The molecule has 4 aromatic rings. The monoisotopic (exact) mass is 428 g/mol. The third-order valence-electron chi connectivity index (χ3n) is 4.52. The molecule has 0 unspecified atom stereocenters. The fourth-order valence-electron chi connectivity index (χ4n) is 2.98. The van der Waals surface area contributed by atoms with Gasteiger partial charge in [-0.3, -0.25) is 4.72 Å². The molecule has 2 N–H and O–H groups in total. The number of rotatable bonds is 4. The van der Waals surface area contributed by atoms with Gasteiger partial charge in [0, 0.05) is 17.3 Å². The van der Waals surface area contributed by atoms with Crippen LogP contribution in [0.15, 0.2) is 90.0 Å². The third kappa shape index (κ3) is 4.55. The minimum Gasteiger partial charge on any atom is -0.477 e. The maximum absolute atomic E-state index is 13.0. The summed E-state index contributed by atoms with van der Waals surface area (Å²) in [7, 11) is -3.83. The highest BCUT2D eigenvalue weighted by Crippen LogP contribution is 2.23. The number of nitrogens with one attached hydrogen (secondary N) is 1. The second-order valence-corrected chi connectivity index (χ2v) is 8.33. The van der Waals surface area contributed by atoms with E-state index >= 15 is 0 Å². The Morgan fingerprint density at radius 2 is 1.61 bits per heavy atom. The zero-order valence-electron chi connectivity index (χ0n) is 16.1. The molecule has 0 aliphatic carbocycles. The minimum atomic E-state index is -3.83. The van der Waals surface area contributed by atoms with Crippen LogP contribution in [-0.2, 0) is 10.0 Å². The number of sulfonamides is 1. The molecule has 0 spiro atoms. The number of anilines is 1. The van der Waals surface area contributed by atoms with Crippen LogP contribution in [0.25, 0.3) is 10.8 Å². The molecule has 0 aliphatic heterocycles. The largest absolute Gasteiger partial charge is 0.477 e. The number of aromatic nitrogens is 1. The van der Waals surface area contributed by atoms with Crippen molar-refractivity contribution in [1.29, 1.82) is 0 Å². The Morgan fingerprint density at radius 1 is 0.871 bits per heavy atom. The Hall–Kier alpha value is -4.15. The topological polar surface area (TPSA) is 96.4 Å². The number of benzene rings is 3. The van der Waals surface area contributed by atoms with Gasteiger partial charge in [-0.15, -0.1) is 0 Å². The Bertz CT molecular complexity index is 1470. The number of nitrogens with zero attached hydrogens (tertiary/aromatic N) is 1. The van der Waals surface area contributed by atoms with Gasteiger partial charge in [-0.25, -0.2) is 18.2 Å². The number of pyridine rings is 1. The van der Waals surface area contributed by atoms with Crippen LogP contribution in [0, 0.1) is 11.8 Å². The predicted octanol–water partition coefficient (Wildman–Crippen LogP) is 4.13. The molecule has 0 radical (unpaired) electrons. The van der Waals surface area contributed by atoms with E-state index in [1.807, 2.05) is 24.3 Å². The average Bonchev–Trinajstić information content (AvgIpc) is 2.78. The van der Waals surface area contributed by atoms with Crippen molar-refractivity contribution in [3.8, 4) is 11.8 Å². The van der Waals surface area contributed by atoms with E-state index in [0.717, 1.165) is 10.8 Å². The molecule has 1 heterocycles. The van der Waals surface area contributed by atoms with Crippen LogP contribution in [0.1, 0.15) is 21.6 Å². The van der Waals surface area contributed by atoms with Gasteiger partial charge in [-0.05, 0) is 47.2 Å². The normalized spacial score (nSPS) is 10.8. The van der Waals surface area contributed by atoms with Gasteiger partial charge in [0.2, 0.25) is 0 Å². The lowest BCUT2D eigenvalue weighted by atomic mass is 10.1. The molecule has 0 saturated carbocycles. The summed E-state index contributed by atoms with van der Waals surface area (Å²) in [6, 6.07) is 22.2. The smallest absolute Gasteiger partial charge is 0.354 e. The van der Waals surface area contributed by atoms with E-state index in [4.69, 9.17) is 5.11 Å². The van der Waals surface area contributed by atoms with E-state index < -0.39 is 16.0 Å². The zero-order chi connectivity index (χ0) is 21.8. The van der Waals surface area contributed by atoms with Crippen molar-refractivity contribution in [3.63, 3.8) is 0 Å². The minimum absolute atomic E-state index is 0.114. The van der Waals surface area contributed by atoms with E-state index in [1.54, 1.807) is 48.5 Å². The number of para-hydroxylation sites is 1. The van der Waals surface area contributed by atoms with Crippen LogP contribution >= 0.6 is 0 Å². The van der Waals surface area contributed by atoms with Gasteiger partial charge >= 0.3 is 5.97 Å². The van der Waals surface area contributed by atoms with Crippen LogP contribution in [0.3, 0.4) is 0 Å². The van der Waals surface area contributed by atoms with Gasteiger partial charge in [-0.2, -0.15) is 0 Å². The number of hydrogen-bond acceptors (Lipinski definition) is 4. The Labute approximate surface area is 179 Å². The Morgan fingerprint density at radius 3 is 2.42 bits per heavy atom. The van der Waals surface area contributed by atoms with Crippen molar-refractivity contribution < 1.29 is 18.3 Å². The second-order valence-electron chi connectivity index (χ2n) is 6.64. The first kappa shape index (κ1) is 20.1. The molecule has 0 saturated heterocycles. The summed E-state index contributed by atoms with van der Waals surface area (Å²) in [6.07, 6.45) is 1.36. The first-order chi connectivity index (χ1) is 14.9. The van der Waals surface area contributed by atoms with Crippen molar-refractivity contribution in [2.75, 3.05) is 4.72 Å². The van der Waals surface area contributed by atoms with Gasteiger partial charge in [0.15, 0.2) is 0 Å².